The minimum atomic E-state index is -4.91. The maximum Gasteiger partial charge on any atom is 0.471 e. The van der Waals surface area contributed by atoms with Crippen LogP contribution in [0.25, 0.3) is 0 Å². The number of carbonyl (C=O) groups is 1. The normalized spacial score (nSPS) is 11.1. The number of aromatic nitrogens is 1. The Morgan fingerprint density at radius 2 is 2.06 bits per heavy atom. The number of anilines is 1. The topological polar surface area (TPSA) is 51.2 Å². The molecule has 1 rings (SSSR count). The molecule has 1 amide bonds. The van der Waals surface area contributed by atoms with Crippen molar-refractivity contribution in [2.75, 3.05) is 12.4 Å². The number of methoxy groups -OCH3 is 1. The van der Waals surface area contributed by atoms with Crippen molar-refractivity contribution in [3.63, 3.8) is 0 Å². The van der Waals surface area contributed by atoms with E-state index < -0.39 is 12.1 Å². The van der Waals surface area contributed by atoms with Crippen LogP contribution in [0, 0.1) is 6.92 Å². The highest BCUT2D eigenvalue weighted by molar-refractivity contribution is 5.95. The second-order valence-corrected chi connectivity index (χ2v) is 2.94. The molecule has 4 nitrogen and oxygen atoms in total. The third kappa shape index (κ3) is 2.85. The Morgan fingerprint density at radius 1 is 1.44 bits per heavy atom. The predicted octanol–water partition coefficient (Wildman–Crippen LogP) is 1.90. The highest BCUT2D eigenvalue weighted by Crippen LogP contribution is 2.21. The van der Waals surface area contributed by atoms with Gasteiger partial charge in [0.2, 0.25) is 5.88 Å². The highest BCUT2D eigenvalue weighted by Gasteiger charge is 2.38. The molecule has 1 heterocycles. The summed E-state index contributed by atoms with van der Waals surface area (Å²) in [6.07, 6.45) is -4.91. The zero-order valence-electron chi connectivity index (χ0n) is 8.55. The number of nitrogens with one attached hydrogen (secondary N) is 1. The van der Waals surface area contributed by atoms with Crippen molar-refractivity contribution in [1.29, 1.82) is 0 Å². The van der Waals surface area contributed by atoms with Crippen LogP contribution in [0.1, 0.15) is 5.69 Å². The molecule has 7 heteroatoms. The first-order valence-electron chi connectivity index (χ1n) is 4.24. The number of hydrogen-bond donors (Lipinski definition) is 1. The van der Waals surface area contributed by atoms with Gasteiger partial charge < -0.3 is 10.1 Å². The lowest BCUT2D eigenvalue weighted by atomic mass is 10.3. The van der Waals surface area contributed by atoms with Crippen molar-refractivity contribution in [3.05, 3.63) is 17.8 Å². The number of pyridine rings is 1. The predicted molar refractivity (Wildman–Crippen MR) is 50.2 cm³/mol. The van der Waals surface area contributed by atoms with Gasteiger partial charge in [0.15, 0.2) is 0 Å². The molecule has 0 aliphatic carbocycles. The van der Waals surface area contributed by atoms with E-state index in [1.165, 1.54) is 26.2 Å². The Kier molecular flexibility index (Phi) is 3.36. The van der Waals surface area contributed by atoms with Gasteiger partial charge in [-0.3, -0.25) is 4.79 Å². The summed E-state index contributed by atoms with van der Waals surface area (Å²) in [6, 6.07) is 2.66. The van der Waals surface area contributed by atoms with Gasteiger partial charge in [0.05, 0.1) is 18.5 Å². The Bertz CT molecular complexity index is 404. The number of rotatable bonds is 2. The number of amides is 1. The lowest BCUT2D eigenvalue weighted by Crippen LogP contribution is -2.30. The minimum Gasteiger partial charge on any atom is -0.481 e. The molecule has 0 saturated carbocycles. The van der Waals surface area contributed by atoms with Crippen molar-refractivity contribution < 1.29 is 22.7 Å². The van der Waals surface area contributed by atoms with Crippen LogP contribution in [0.3, 0.4) is 0 Å². The molecule has 0 fully saturated rings. The quantitative estimate of drug-likeness (QED) is 0.850. The summed E-state index contributed by atoms with van der Waals surface area (Å²) in [5.74, 6) is -1.76. The molecule has 1 aromatic rings. The largest absolute Gasteiger partial charge is 0.481 e. The van der Waals surface area contributed by atoms with E-state index in [2.05, 4.69) is 4.98 Å². The number of ether oxygens (including phenoxy) is 1. The summed E-state index contributed by atoms with van der Waals surface area (Å²) in [7, 11) is 1.38. The SMILES string of the molecule is COc1ccc(NC(=O)C(F)(F)F)c(C)n1. The van der Waals surface area contributed by atoms with Crippen LogP contribution in [0.2, 0.25) is 0 Å². The first kappa shape index (κ1) is 12.3. The van der Waals surface area contributed by atoms with Gasteiger partial charge >= 0.3 is 12.1 Å². The molecule has 0 unspecified atom stereocenters. The van der Waals surface area contributed by atoms with Crippen LogP contribution in [0.15, 0.2) is 12.1 Å². The van der Waals surface area contributed by atoms with Crippen LogP contribution in [-0.4, -0.2) is 24.2 Å². The molecule has 0 aliphatic rings. The van der Waals surface area contributed by atoms with Crippen molar-refractivity contribution in [3.8, 4) is 5.88 Å². The van der Waals surface area contributed by atoms with Crippen LogP contribution in [0.4, 0.5) is 18.9 Å². The molecule has 0 spiro atoms. The monoisotopic (exact) mass is 234 g/mol. The maximum absolute atomic E-state index is 12.0. The van der Waals surface area contributed by atoms with Crippen LogP contribution >= 0.6 is 0 Å². The lowest BCUT2D eigenvalue weighted by Gasteiger charge is -2.10. The molecular weight excluding hydrogens is 225 g/mol. The van der Waals surface area contributed by atoms with Crippen LogP contribution in [-0.2, 0) is 4.79 Å². The molecule has 88 valence electrons. The molecule has 0 radical (unpaired) electrons. The van der Waals surface area contributed by atoms with E-state index in [-0.39, 0.29) is 17.3 Å². The zero-order valence-corrected chi connectivity index (χ0v) is 8.55. The van der Waals surface area contributed by atoms with E-state index in [1.54, 1.807) is 5.32 Å². The highest BCUT2D eigenvalue weighted by atomic mass is 19.4. The van der Waals surface area contributed by atoms with Gasteiger partial charge in [-0.05, 0) is 13.0 Å². The third-order valence-electron chi connectivity index (χ3n) is 1.78. The number of halogens is 3. The molecule has 0 atom stereocenters. The van der Waals surface area contributed by atoms with E-state index in [4.69, 9.17) is 4.74 Å². The number of alkyl halides is 3. The van der Waals surface area contributed by atoms with E-state index in [0.29, 0.717) is 0 Å². The number of hydrogen-bond acceptors (Lipinski definition) is 3. The number of aryl methyl sites for hydroxylation is 1. The zero-order chi connectivity index (χ0) is 12.3. The summed E-state index contributed by atoms with van der Waals surface area (Å²) in [5.41, 5.74) is 0.250. The van der Waals surface area contributed by atoms with Crippen LogP contribution in [0.5, 0.6) is 5.88 Å². The third-order valence-corrected chi connectivity index (χ3v) is 1.78. The smallest absolute Gasteiger partial charge is 0.471 e. The minimum absolute atomic E-state index is 0.00289. The van der Waals surface area contributed by atoms with Crippen molar-refractivity contribution in [2.24, 2.45) is 0 Å². The maximum atomic E-state index is 12.0. The van der Waals surface area contributed by atoms with E-state index in [9.17, 15) is 18.0 Å². The van der Waals surface area contributed by atoms with E-state index >= 15 is 0 Å². The average molecular weight is 234 g/mol. The number of carbonyl (C=O) groups excluding carboxylic acids is 1. The fourth-order valence-electron chi connectivity index (χ4n) is 0.977. The van der Waals surface area contributed by atoms with E-state index in [0.717, 1.165) is 0 Å². The summed E-state index contributed by atoms with van der Waals surface area (Å²) < 4.78 is 40.6. The van der Waals surface area contributed by atoms with Gasteiger partial charge in [0.25, 0.3) is 0 Å². The summed E-state index contributed by atoms with van der Waals surface area (Å²) in [6.45, 7) is 1.47. The van der Waals surface area contributed by atoms with Gasteiger partial charge in [-0.15, -0.1) is 0 Å². The Hall–Kier alpha value is -1.79. The molecule has 0 bridgehead atoms. The Balaban J connectivity index is 2.87. The van der Waals surface area contributed by atoms with Crippen molar-refractivity contribution >= 4 is 11.6 Å². The van der Waals surface area contributed by atoms with Crippen molar-refractivity contribution in [2.45, 2.75) is 13.1 Å². The summed E-state index contributed by atoms with van der Waals surface area (Å²) in [5, 5.41) is 1.72. The van der Waals surface area contributed by atoms with Gasteiger partial charge in [0, 0.05) is 6.07 Å². The molecule has 1 N–H and O–H groups in total. The molecule has 1 aromatic heterocycles. The fraction of sp³-hybridized carbons (Fsp3) is 0.333. The first-order chi connectivity index (χ1) is 7.34. The first-order valence-corrected chi connectivity index (χ1v) is 4.24. The molecule has 16 heavy (non-hydrogen) atoms. The molecule has 0 aliphatic heterocycles. The Morgan fingerprint density at radius 3 is 2.50 bits per heavy atom. The number of nitrogens with zero attached hydrogens (tertiary/aromatic N) is 1. The van der Waals surface area contributed by atoms with E-state index in [1.807, 2.05) is 0 Å². The second kappa shape index (κ2) is 4.38. The average Bonchev–Trinajstić information content (AvgIpc) is 2.19. The molecule has 0 saturated heterocycles. The van der Waals surface area contributed by atoms with Gasteiger partial charge in [-0.2, -0.15) is 13.2 Å². The van der Waals surface area contributed by atoms with Crippen LogP contribution < -0.4 is 10.1 Å². The summed E-state index contributed by atoms with van der Waals surface area (Å²) >= 11 is 0. The molecule has 0 aromatic carbocycles. The summed E-state index contributed by atoms with van der Waals surface area (Å²) in [4.78, 5) is 14.5. The Labute approximate surface area is 89.4 Å². The fourth-order valence-corrected chi connectivity index (χ4v) is 0.977. The van der Waals surface area contributed by atoms with Gasteiger partial charge in [0.1, 0.15) is 0 Å². The lowest BCUT2D eigenvalue weighted by molar-refractivity contribution is -0.167. The molecular formula is C9H9F3N2O2. The van der Waals surface area contributed by atoms with Gasteiger partial charge in [-0.1, -0.05) is 0 Å². The standard InChI is InChI=1S/C9H9F3N2O2/c1-5-6(3-4-7(13-5)16-2)14-8(15)9(10,11)12/h3-4H,1-2H3,(H,14,15). The van der Waals surface area contributed by atoms with Crippen molar-refractivity contribution in [1.82, 2.24) is 4.98 Å². The van der Waals surface area contributed by atoms with Gasteiger partial charge in [-0.25, -0.2) is 4.98 Å². The second-order valence-electron chi connectivity index (χ2n) is 2.94.